The van der Waals surface area contributed by atoms with Gasteiger partial charge in [0.15, 0.2) is 0 Å². The molecule has 2 nitrogen and oxygen atoms in total. The predicted molar refractivity (Wildman–Crippen MR) is 92.6 cm³/mol. The average Bonchev–Trinajstić information content (AvgIpc) is 2.45. The zero-order valence-electron chi connectivity index (χ0n) is 11.3. The summed E-state index contributed by atoms with van der Waals surface area (Å²) in [5, 5.41) is 2.27. The van der Waals surface area contributed by atoms with Gasteiger partial charge >= 0.3 is 0 Å². The van der Waals surface area contributed by atoms with Crippen molar-refractivity contribution in [3.8, 4) is 0 Å². The molecule has 0 radical (unpaired) electrons. The van der Waals surface area contributed by atoms with Gasteiger partial charge in [0.25, 0.3) is 0 Å². The Morgan fingerprint density at radius 3 is 2.48 bits per heavy atom. The Hall–Kier alpha value is -1.65. The highest BCUT2D eigenvalue weighted by Gasteiger charge is 2.07. The standard InChI is InChI=1S/C17H14BrNOS/c18-15-7-12(8-16(19)10-15)11-21(20)17-6-5-13-3-1-2-4-14(13)9-17/h1-10H,11,19H2. The molecule has 21 heavy (non-hydrogen) atoms. The maximum atomic E-state index is 12.5. The molecule has 0 bridgehead atoms. The summed E-state index contributed by atoms with van der Waals surface area (Å²) < 4.78 is 13.4. The van der Waals surface area contributed by atoms with Gasteiger partial charge in [-0.15, -0.1) is 0 Å². The van der Waals surface area contributed by atoms with Crippen LogP contribution in [0, 0.1) is 0 Å². The van der Waals surface area contributed by atoms with Gasteiger partial charge in [0, 0.05) is 15.1 Å². The molecule has 2 N–H and O–H groups in total. The maximum absolute atomic E-state index is 12.5. The molecule has 0 aromatic heterocycles. The predicted octanol–water partition coefficient (Wildman–Crippen LogP) is 4.49. The van der Waals surface area contributed by atoms with Crippen LogP contribution < -0.4 is 5.73 Å². The molecular formula is C17H14BrNOS. The Morgan fingerprint density at radius 1 is 0.952 bits per heavy atom. The van der Waals surface area contributed by atoms with E-state index >= 15 is 0 Å². The van der Waals surface area contributed by atoms with Crippen molar-refractivity contribution in [1.29, 1.82) is 0 Å². The highest BCUT2D eigenvalue weighted by molar-refractivity contribution is 9.10. The number of halogens is 1. The fourth-order valence-electron chi connectivity index (χ4n) is 2.30. The molecule has 0 heterocycles. The molecule has 1 unspecified atom stereocenters. The minimum atomic E-state index is -1.08. The van der Waals surface area contributed by atoms with Crippen molar-refractivity contribution in [3.05, 3.63) is 70.7 Å². The number of rotatable bonds is 3. The Kier molecular flexibility index (Phi) is 4.08. The van der Waals surface area contributed by atoms with E-state index < -0.39 is 10.8 Å². The lowest BCUT2D eigenvalue weighted by Gasteiger charge is -2.06. The number of fused-ring (bicyclic) bond motifs is 1. The number of nitrogens with two attached hydrogens (primary N) is 1. The summed E-state index contributed by atoms with van der Waals surface area (Å²) >= 11 is 3.41. The second-order valence-corrected chi connectivity index (χ2v) is 7.26. The third-order valence-corrected chi connectivity index (χ3v) is 5.09. The number of anilines is 1. The fraction of sp³-hybridized carbons (Fsp3) is 0.0588. The van der Waals surface area contributed by atoms with Crippen LogP contribution in [0.25, 0.3) is 10.8 Å². The van der Waals surface area contributed by atoms with Crippen molar-refractivity contribution in [2.45, 2.75) is 10.6 Å². The smallest absolute Gasteiger partial charge is 0.0574 e. The molecule has 3 aromatic carbocycles. The van der Waals surface area contributed by atoms with Gasteiger partial charge in [-0.25, -0.2) is 0 Å². The van der Waals surface area contributed by atoms with E-state index in [-0.39, 0.29) is 0 Å². The van der Waals surface area contributed by atoms with Crippen LogP contribution in [0.2, 0.25) is 0 Å². The van der Waals surface area contributed by atoms with Crippen molar-refractivity contribution in [1.82, 2.24) is 0 Å². The molecular weight excluding hydrogens is 346 g/mol. The lowest BCUT2D eigenvalue weighted by molar-refractivity contribution is 0.682. The summed E-state index contributed by atoms with van der Waals surface area (Å²) in [6.07, 6.45) is 0. The van der Waals surface area contributed by atoms with Gasteiger partial charge in [0.1, 0.15) is 0 Å². The Balaban J connectivity index is 1.89. The van der Waals surface area contributed by atoms with Crippen molar-refractivity contribution < 1.29 is 4.21 Å². The van der Waals surface area contributed by atoms with Crippen molar-refractivity contribution in [2.75, 3.05) is 5.73 Å². The SMILES string of the molecule is Nc1cc(Br)cc(CS(=O)c2ccc3ccccc3c2)c1. The summed E-state index contributed by atoms with van der Waals surface area (Å²) in [4.78, 5) is 0.840. The zero-order valence-corrected chi connectivity index (χ0v) is 13.7. The summed E-state index contributed by atoms with van der Waals surface area (Å²) in [7, 11) is -1.08. The molecule has 0 aliphatic carbocycles. The Morgan fingerprint density at radius 2 is 1.71 bits per heavy atom. The molecule has 0 saturated heterocycles. The van der Waals surface area contributed by atoms with E-state index in [4.69, 9.17) is 5.73 Å². The molecule has 1 atom stereocenters. The van der Waals surface area contributed by atoms with Crippen molar-refractivity contribution >= 4 is 43.2 Å². The molecule has 0 spiro atoms. The third kappa shape index (κ3) is 3.34. The number of benzene rings is 3. The van der Waals surface area contributed by atoms with Crippen LogP contribution in [-0.4, -0.2) is 4.21 Å². The van der Waals surface area contributed by atoms with Gasteiger partial charge in [0.2, 0.25) is 0 Å². The minimum absolute atomic E-state index is 0.460. The summed E-state index contributed by atoms with van der Waals surface area (Å²) in [6.45, 7) is 0. The average molecular weight is 360 g/mol. The second-order valence-electron chi connectivity index (χ2n) is 4.89. The van der Waals surface area contributed by atoms with E-state index in [0.29, 0.717) is 11.4 Å². The first-order valence-corrected chi connectivity index (χ1v) is 8.65. The highest BCUT2D eigenvalue weighted by atomic mass is 79.9. The molecule has 0 saturated carbocycles. The van der Waals surface area contributed by atoms with Gasteiger partial charge in [-0.05, 0) is 46.7 Å². The topological polar surface area (TPSA) is 43.1 Å². The normalized spacial score (nSPS) is 12.4. The molecule has 3 rings (SSSR count). The van der Waals surface area contributed by atoms with Crippen LogP contribution >= 0.6 is 15.9 Å². The molecule has 0 aliphatic heterocycles. The summed E-state index contributed by atoms with van der Waals surface area (Å²) in [6, 6.07) is 19.7. The van der Waals surface area contributed by atoms with Crippen LogP contribution in [0.15, 0.2) is 70.0 Å². The number of hydrogen-bond acceptors (Lipinski definition) is 2. The second kappa shape index (κ2) is 6.00. The molecule has 106 valence electrons. The molecule has 4 heteroatoms. The van der Waals surface area contributed by atoms with E-state index in [9.17, 15) is 4.21 Å². The monoisotopic (exact) mass is 359 g/mol. The van der Waals surface area contributed by atoms with Gasteiger partial charge < -0.3 is 5.73 Å². The molecule has 3 aromatic rings. The van der Waals surface area contributed by atoms with Crippen LogP contribution in [0.3, 0.4) is 0 Å². The lowest BCUT2D eigenvalue weighted by atomic mass is 10.1. The number of hydrogen-bond donors (Lipinski definition) is 1. The van der Waals surface area contributed by atoms with E-state index in [1.54, 1.807) is 0 Å². The largest absolute Gasteiger partial charge is 0.399 e. The van der Waals surface area contributed by atoms with Crippen LogP contribution in [0.5, 0.6) is 0 Å². The van der Waals surface area contributed by atoms with E-state index in [1.807, 2.05) is 54.6 Å². The highest BCUT2D eigenvalue weighted by Crippen LogP contribution is 2.22. The first-order chi connectivity index (χ1) is 10.1. The van der Waals surface area contributed by atoms with E-state index in [1.165, 1.54) is 0 Å². The minimum Gasteiger partial charge on any atom is -0.399 e. The van der Waals surface area contributed by atoms with E-state index in [2.05, 4.69) is 22.0 Å². The number of nitrogen functional groups attached to an aromatic ring is 1. The first-order valence-electron chi connectivity index (χ1n) is 6.54. The maximum Gasteiger partial charge on any atom is 0.0574 e. The van der Waals surface area contributed by atoms with Crippen LogP contribution in [-0.2, 0) is 16.6 Å². The lowest BCUT2D eigenvalue weighted by Crippen LogP contribution is -1.98. The fourth-order valence-corrected chi connectivity index (χ4v) is 3.98. The zero-order chi connectivity index (χ0) is 14.8. The molecule has 0 aliphatic rings. The van der Waals surface area contributed by atoms with Crippen LogP contribution in [0.1, 0.15) is 5.56 Å². The quantitative estimate of drug-likeness (QED) is 0.700. The summed E-state index contributed by atoms with van der Waals surface area (Å²) in [5.41, 5.74) is 7.46. The Bertz CT molecular complexity index is 812. The van der Waals surface area contributed by atoms with Crippen molar-refractivity contribution in [3.63, 3.8) is 0 Å². The third-order valence-electron chi connectivity index (χ3n) is 3.26. The van der Waals surface area contributed by atoms with Gasteiger partial charge in [-0.1, -0.05) is 46.3 Å². The molecule has 0 fully saturated rings. The van der Waals surface area contributed by atoms with Gasteiger partial charge in [0.05, 0.1) is 16.6 Å². The van der Waals surface area contributed by atoms with Crippen LogP contribution in [0.4, 0.5) is 5.69 Å². The van der Waals surface area contributed by atoms with Crippen molar-refractivity contribution in [2.24, 2.45) is 0 Å². The first kappa shape index (κ1) is 14.3. The summed E-state index contributed by atoms with van der Waals surface area (Å²) in [5.74, 6) is 0.460. The van der Waals surface area contributed by atoms with Gasteiger partial charge in [-0.2, -0.15) is 0 Å². The molecule has 0 amide bonds. The van der Waals surface area contributed by atoms with E-state index in [0.717, 1.165) is 25.7 Å². The van der Waals surface area contributed by atoms with Gasteiger partial charge in [-0.3, -0.25) is 4.21 Å². The Labute approximate surface area is 134 Å².